The van der Waals surface area contributed by atoms with Crippen LogP contribution in [0.15, 0.2) is 36.4 Å². The number of hydrogen-bond donors (Lipinski definition) is 3. The molecule has 2 amide bonds. The van der Waals surface area contributed by atoms with Crippen molar-refractivity contribution < 1.29 is 9.90 Å². The molecule has 1 fully saturated rings. The summed E-state index contributed by atoms with van der Waals surface area (Å²) in [5.41, 5.74) is 1.75. The Balaban J connectivity index is 1.71. The van der Waals surface area contributed by atoms with Gasteiger partial charge in [-0.1, -0.05) is 49.6 Å². The number of carbonyl (C=O) groups is 1. The van der Waals surface area contributed by atoms with Crippen LogP contribution in [-0.2, 0) is 6.54 Å². The van der Waals surface area contributed by atoms with Crippen molar-refractivity contribution in [2.24, 2.45) is 0 Å². The molecule has 1 aromatic heterocycles. The molecule has 0 saturated heterocycles. The second kappa shape index (κ2) is 7.97. The Bertz CT molecular complexity index is 663. The van der Waals surface area contributed by atoms with Crippen molar-refractivity contribution in [3.63, 3.8) is 0 Å². The first-order valence-corrected chi connectivity index (χ1v) is 8.58. The molecule has 0 unspecified atom stereocenters. The first kappa shape index (κ1) is 16.5. The van der Waals surface area contributed by atoms with E-state index in [2.05, 4.69) is 15.7 Å². The van der Waals surface area contributed by atoms with E-state index in [1.165, 1.54) is 19.3 Å². The van der Waals surface area contributed by atoms with Crippen LogP contribution < -0.4 is 10.6 Å². The summed E-state index contributed by atoms with van der Waals surface area (Å²) in [6.45, 7) is 0.306. The van der Waals surface area contributed by atoms with E-state index in [0.29, 0.717) is 12.4 Å². The standard InChI is InChI=1S/C18H24N4O2/c23-12-11-22-17(13-16(21-22)14-7-3-1-4-8-14)20-18(24)19-15-9-5-2-6-10-15/h1,3-4,7-8,13,15,23H,2,5-6,9-12H2,(H2,19,20,24). The maximum absolute atomic E-state index is 12.3. The highest BCUT2D eigenvalue weighted by Crippen LogP contribution is 2.22. The minimum absolute atomic E-state index is 0.0329. The molecule has 128 valence electrons. The maximum Gasteiger partial charge on any atom is 0.320 e. The van der Waals surface area contributed by atoms with E-state index >= 15 is 0 Å². The van der Waals surface area contributed by atoms with Crippen molar-refractivity contribution in [1.82, 2.24) is 15.1 Å². The number of aliphatic hydroxyl groups excluding tert-OH is 1. The van der Waals surface area contributed by atoms with Crippen LogP contribution in [-0.4, -0.2) is 33.6 Å². The summed E-state index contributed by atoms with van der Waals surface area (Å²) >= 11 is 0. The molecular formula is C18H24N4O2. The van der Waals surface area contributed by atoms with Crippen LogP contribution in [0.1, 0.15) is 32.1 Å². The lowest BCUT2D eigenvalue weighted by atomic mass is 9.96. The molecule has 1 heterocycles. The Hall–Kier alpha value is -2.34. The molecule has 1 aromatic carbocycles. The van der Waals surface area contributed by atoms with Gasteiger partial charge in [-0.2, -0.15) is 5.10 Å². The molecule has 3 rings (SSSR count). The molecule has 1 saturated carbocycles. The fraction of sp³-hybridized carbons (Fsp3) is 0.444. The van der Waals surface area contributed by atoms with Crippen LogP contribution in [0.4, 0.5) is 10.6 Å². The van der Waals surface area contributed by atoms with E-state index in [0.717, 1.165) is 24.1 Å². The van der Waals surface area contributed by atoms with Crippen LogP contribution in [0.3, 0.4) is 0 Å². The SMILES string of the molecule is O=C(Nc1cc(-c2ccccc2)nn1CCO)NC1CCCCC1. The van der Waals surface area contributed by atoms with Crippen molar-refractivity contribution in [2.75, 3.05) is 11.9 Å². The number of nitrogens with zero attached hydrogens (tertiary/aromatic N) is 2. The summed E-state index contributed by atoms with van der Waals surface area (Å²) in [5.74, 6) is 0.594. The summed E-state index contributed by atoms with van der Waals surface area (Å²) in [6, 6.07) is 11.7. The molecule has 0 radical (unpaired) electrons. The topological polar surface area (TPSA) is 79.2 Å². The van der Waals surface area contributed by atoms with E-state index in [-0.39, 0.29) is 18.7 Å². The number of aliphatic hydroxyl groups is 1. The van der Waals surface area contributed by atoms with Gasteiger partial charge in [-0.25, -0.2) is 9.48 Å². The Morgan fingerprint density at radius 3 is 2.67 bits per heavy atom. The van der Waals surface area contributed by atoms with Crippen molar-refractivity contribution in [3.05, 3.63) is 36.4 Å². The van der Waals surface area contributed by atoms with Gasteiger partial charge in [0.15, 0.2) is 0 Å². The van der Waals surface area contributed by atoms with Crippen LogP contribution in [0.2, 0.25) is 0 Å². The molecule has 2 aromatic rings. The number of benzene rings is 1. The number of rotatable bonds is 5. The normalized spacial score (nSPS) is 15.2. The highest BCUT2D eigenvalue weighted by atomic mass is 16.3. The predicted molar refractivity (Wildman–Crippen MR) is 93.8 cm³/mol. The molecule has 0 aliphatic heterocycles. The third kappa shape index (κ3) is 4.14. The summed E-state index contributed by atoms with van der Waals surface area (Å²) < 4.78 is 1.63. The Labute approximate surface area is 141 Å². The third-order valence-electron chi connectivity index (χ3n) is 4.34. The molecule has 1 aliphatic rings. The van der Waals surface area contributed by atoms with Gasteiger partial charge in [0.2, 0.25) is 0 Å². The molecule has 0 bridgehead atoms. The first-order chi connectivity index (χ1) is 11.8. The van der Waals surface area contributed by atoms with Gasteiger partial charge in [-0.3, -0.25) is 5.32 Å². The van der Waals surface area contributed by atoms with Crippen molar-refractivity contribution in [3.8, 4) is 11.3 Å². The zero-order chi connectivity index (χ0) is 16.8. The van der Waals surface area contributed by atoms with E-state index in [1.54, 1.807) is 4.68 Å². The average molecular weight is 328 g/mol. The summed E-state index contributed by atoms with van der Waals surface area (Å²) in [5, 5.41) is 19.6. The van der Waals surface area contributed by atoms with Gasteiger partial charge in [0, 0.05) is 17.7 Å². The number of anilines is 1. The Morgan fingerprint density at radius 2 is 1.96 bits per heavy atom. The second-order valence-electron chi connectivity index (χ2n) is 6.16. The number of urea groups is 1. The summed E-state index contributed by atoms with van der Waals surface area (Å²) in [4.78, 5) is 12.3. The lowest BCUT2D eigenvalue weighted by molar-refractivity contribution is 0.243. The van der Waals surface area contributed by atoms with Crippen molar-refractivity contribution in [2.45, 2.75) is 44.7 Å². The smallest absolute Gasteiger partial charge is 0.320 e. The zero-order valence-electron chi connectivity index (χ0n) is 13.7. The zero-order valence-corrected chi connectivity index (χ0v) is 13.7. The number of carbonyl (C=O) groups excluding carboxylic acids is 1. The van der Waals surface area contributed by atoms with Gasteiger partial charge in [-0.15, -0.1) is 0 Å². The molecule has 1 aliphatic carbocycles. The Kier molecular flexibility index (Phi) is 5.48. The van der Waals surface area contributed by atoms with Gasteiger partial charge in [0.25, 0.3) is 0 Å². The van der Waals surface area contributed by atoms with Crippen molar-refractivity contribution >= 4 is 11.8 Å². The van der Waals surface area contributed by atoms with E-state index in [9.17, 15) is 9.90 Å². The molecule has 3 N–H and O–H groups in total. The van der Waals surface area contributed by atoms with Gasteiger partial charge < -0.3 is 10.4 Å². The van der Waals surface area contributed by atoms with E-state index in [1.807, 2.05) is 36.4 Å². The monoisotopic (exact) mass is 328 g/mol. The molecular weight excluding hydrogens is 304 g/mol. The lowest BCUT2D eigenvalue weighted by Crippen LogP contribution is -2.39. The van der Waals surface area contributed by atoms with Gasteiger partial charge >= 0.3 is 6.03 Å². The molecule has 24 heavy (non-hydrogen) atoms. The molecule has 6 heteroatoms. The number of hydrogen-bond acceptors (Lipinski definition) is 3. The highest BCUT2D eigenvalue weighted by molar-refractivity contribution is 5.89. The van der Waals surface area contributed by atoms with Crippen LogP contribution in [0, 0.1) is 0 Å². The largest absolute Gasteiger partial charge is 0.394 e. The van der Waals surface area contributed by atoms with Crippen LogP contribution >= 0.6 is 0 Å². The quantitative estimate of drug-likeness (QED) is 0.789. The van der Waals surface area contributed by atoms with Gasteiger partial charge in [-0.05, 0) is 12.8 Å². The van der Waals surface area contributed by atoms with Crippen molar-refractivity contribution in [1.29, 1.82) is 0 Å². The Morgan fingerprint density at radius 1 is 1.21 bits per heavy atom. The van der Waals surface area contributed by atoms with E-state index < -0.39 is 0 Å². The maximum atomic E-state index is 12.3. The average Bonchev–Trinajstić information content (AvgIpc) is 2.99. The van der Waals surface area contributed by atoms with Gasteiger partial charge in [0.1, 0.15) is 5.82 Å². The molecule has 0 spiro atoms. The summed E-state index contributed by atoms with van der Waals surface area (Å²) in [7, 11) is 0. The number of aromatic nitrogens is 2. The number of amides is 2. The predicted octanol–water partition coefficient (Wildman–Crippen LogP) is 3.00. The lowest BCUT2D eigenvalue weighted by Gasteiger charge is -2.22. The number of nitrogens with one attached hydrogen (secondary N) is 2. The fourth-order valence-corrected chi connectivity index (χ4v) is 3.12. The minimum atomic E-state index is -0.208. The van der Waals surface area contributed by atoms with Crippen LogP contribution in [0.5, 0.6) is 0 Å². The third-order valence-corrected chi connectivity index (χ3v) is 4.34. The van der Waals surface area contributed by atoms with E-state index in [4.69, 9.17) is 0 Å². The molecule has 0 atom stereocenters. The van der Waals surface area contributed by atoms with Crippen LogP contribution in [0.25, 0.3) is 11.3 Å². The highest BCUT2D eigenvalue weighted by Gasteiger charge is 2.17. The molecule has 6 nitrogen and oxygen atoms in total. The fourth-order valence-electron chi connectivity index (χ4n) is 3.12. The first-order valence-electron chi connectivity index (χ1n) is 8.58. The second-order valence-corrected chi connectivity index (χ2v) is 6.16. The minimum Gasteiger partial charge on any atom is -0.394 e. The summed E-state index contributed by atoms with van der Waals surface area (Å²) in [6.07, 6.45) is 5.68. The van der Waals surface area contributed by atoms with Gasteiger partial charge in [0.05, 0.1) is 18.8 Å².